The summed E-state index contributed by atoms with van der Waals surface area (Å²) in [6, 6.07) is 16.8. The number of carbonyl (C=O) groups is 1. The predicted molar refractivity (Wildman–Crippen MR) is 128 cm³/mol. The summed E-state index contributed by atoms with van der Waals surface area (Å²) < 4.78 is 28.9. The zero-order valence-corrected chi connectivity index (χ0v) is 19.5. The van der Waals surface area contributed by atoms with Crippen molar-refractivity contribution in [1.82, 2.24) is 4.98 Å². The van der Waals surface area contributed by atoms with E-state index in [0.29, 0.717) is 22.1 Å². The van der Waals surface area contributed by atoms with Crippen molar-refractivity contribution < 1.29 is 17.8 Å². The van der Waals surface area contributed by atoms with Gasteiger partial charge in [-0.3, -0.25) is 9.35 Å². The summed E-state index contributed by atoms with van der Waals surface area (Å²) in [5, 5.41) is 6.87. The van der Waals surface area contributed by atoms with E-state index in [2.05, 4.69) is 10.3 Å². The molecule has 2 aromatic carbocycles. The van der Waals surface area contributed by atoms with Crippen molar-refractivity contribution in [2.75, 3.05) is 5.32 Å². The summed E-state index contributed by atoms with van der Waals surface area (Å²) in [6.45, 7) is 2.43. The van der Waals surface area contributed by atoms with Gasteiger partial charge in [0.05, 0.1) is 11.1 Å². The summed E-state index contributed by atoms with van der Waals surface area (Å²) in [5.74, 6) is 0.00404. The van der Waals surface area contributed by atoms with Gasteiger partial charge in [0.1, 0.15) is 4.90 Å². The minimum atomic E-state index is -3.95. The molecule has 0 amide bonds. The van der Waals surface area contributed by atoms with Crippen LogP contribution in [0.2, 0.25) is 0 Å². The first-order valence-corrected chi connectivity index (χ1v) is 12.6. The average molecular weight is 488 g/mol. The topological polar surface area (TPSA) is 122 Å². The summed E-state index contributed by atoms with van der Waals surface area (Å²) in [5.41, 5.74) is 9.29. The Kier molecular flexibility index (Phi) is 7.89. The number of nitrogens with zero attached hydrogens (tertiary/aromatic N) is 1. The van der Waals surface area contributed by atoms with Gasteiger partial charge in [-0.15, -0.1) is 0 Å². The lowest BCUT2D eigenvalue weighted by atomic mass is 10.0. The summed E-state index contributed by atoms with van der Waals surface area (Å²) in [6.07, 6.45) is 1.62. The number of benzene rings is 2. The van der Waals surface area contributed by atoms with Crippen LogP contribution < -0.4 is 11.1 Å². The van der Waals surface area contributed by atoms with Crippen molar-refractivity contribution in [2.24, 2.45) is 5.73 Å². The summed E-state index contributed by atoms with van der Waals surface area (Å²) >= 11 is 2.58. The molecular weight excluding hydrogens is 466 g/mol. The highest BCUT2D eigenvalue weighted by atomic mass is 32.2. The molecule has 2 aromatic heterocycles. The number of hydrogen-bond acceptors (Lipinski definition) is 8. The van der Waals surface area contributed by atoms with E-state index < -0.39 is 10.1 Å². The molecular formula is C22H21N3O4S3. The Morgan fingerprint density at radius 3 is 2.56 bits per heavy atom. The third-order valence-corrected chi connectivity index (χ3v) is 6.92. The van der Waals surface area contributed by atoms with Crippen LogP contribution in [0.1, 0.15) is 26.4 Å². The fourth-order valence-electron chi connectivity index (χ4n) is 2.70. The molecule has 7 nitrogen and oxygen atoms in total. The monoisotopic (exact) mass is 487 g/mol. The Morgan fingerprint density at radius 1 is 1.16 bits per heavy atom. The molecule has 0 aliphatic heterocycles. The first kappa shape index (κ1) is 23.8. The smallest absolute Gasteiger partial charge is 0.295 e. The highest BCUT2D eigenvalue weighted by molar-refractivity contribution is 7.86. The molecule has 0 aliphatic rings. The average Bonchev–Trinajstić information content (AvgIpc) is 3.47. The van der Waals surface area contributed by atoms with Crippen LogP contribution in [-0.4, -0.2) is 23.7 Å². The lowest BCUT2D eigenvalue weighted by Gasteiger charge is -2.04. The molecule has 4 rings (SSSR count). The van der Waals surface area contributed by atoms with E-state index in [1.807, 2.05) is 55.5 Å². The van der Waals surface area contributed by atoms with Crippen molar-refractivity contribution in [3.63, 3.8) is 0 Å². The number of rotatable bonds is 6. The second-order valence-electron chi connectivity index (χ2n) is 6.64. The largest absolute Gasteiger partial charge is 0.332 e. The van der Waals surface area contributed by atoms with Crippen LogP contribution in [0.25, 0.3) is 0 Å². The molecule has 2 heterocycles. The van der Waals surface area contributed by atoms with Crippen molar-refractivity contribution in [3.05, 3.63) is 93.1 Å². The van der Waals surface area contributed by atoms with Crippen LogP contribution in [0.4, 0.5) is 10.8 Å². The van der Waals surface area contributed by atoms with Crippen molar-refractivity contribution in [1.29, 1.82) is 0 Å². The molecule has 0 bridgehead atoms. The molecule has 0 saturated carbocycles. The number of nitrogens with one attached hydrogen (secondary N) is 1. The van der Waals surface area contributed by atoms with Gasteiger partial charge in [0.2, 0.25) is 5.78 Å². The number of thiophene rings is 1. The minimum Gasteiger partial charge on any atom is -0.332 e. The molecule has 10 heteroatoms. The van der Waals surface area contributed by atoms with Gasteiger partial charge in [0.25, 0.3) is 10.1 Å². The van der Waals surface area contributed by atoms with Crippen LogP contribution in [-0.2, 0) is 16.7 Å². The first-order chi connectivity index (χ1) is 15.3. The highest BCUT2D eigenvalue weighted by Crippen LogP contribution is 2.25. The van der Waals surface area contributed by atoms with E-state index in [9.17, 15) is 13.2 Å². The zero-order chi connectivity index (χ0) is 23.1. The van der Waals surface area contributed by atoms with Gasteiger partial charge in [-0.25, -0.2) is 4.98 Å². The Hall–Kier alpha value is -2.89. The molecule has 0 spiro atoms. The van der Waals surface area contributed by atoms with Gasteiger partial charge in [-0.1, -0.05) is 47.7 Å². The number of ketones is 1. The maximum Gasteiger partial charge on any atom is 0.295 e. The van der Waals surface area contributed by atoms with Gasteiger partial charge in [0.15, 0.2) is 5.13 Å². The Morgan fingerprint density at radius 2 is 1.94 bits per heavy atom. The van der Waals surface area contributed by atoms with Gasteiger partial charge in [0, 0.05) is 23.2 Å². The van der Waals surface area contributed by atoms with Crippen LogP contribution in [0.3, 0.4) is 0 Å². The van der Waals surface area contributed by atoms with Crippen LogP contribution >= 0.6 is 22.7 Å². The number of aryl methyl sites for hydroxylation is 1. The normalized spacial score (nSPS) is 10.8. The number of thiazole rings is 1. The fourth-order valence-corrected chi connectivity index (χ4v) is 4.98. The molecule has 0 fully saturated rings. The third kappa shape index (κ3) is 6.31. The molecule has 166 valence electrons. The quantitative estimate of drug-likeness (QED) is 0.262. The lowest BCUT2D eigenvalue weighted by molar-refractivity contribution is 0.104. The number of anilines is 2. The Labute approximate surface area is 194 Å². The molecule has 0 unspecified atom stereocenters. The summed E-state index contributed by atoms with van der Waals surface area (Å²) in [7, 11) is -3.95. The fraction of sp³-hybridized carbons (Fsp3) is 0.0909. The first-order valence-electron chi connectivity index (χ1n) is 9.40. The highest BCUT2D eigenvalue weighted by Gasteiger charge is 2.15. The molecule has 4 aromatic rings. The molecule has 4 N–H and O–H groups in total. The van der Waals surface area contributed by atoms with Gasteiger partial charge >= 0.3 is 0 Å². The van der Waals surface area contributed by atoms with Gasteiger partial charge in [-0.05, 0) is 41.6 Å². The number of hydrogen-bond donors (Lipinski definition) is 3. The van der Waals surface area contributed by atoms with E-state index in [-0.39, 0.29) is 10.7 Å². The SMILES string of the molecule is Cc1ccccc1C(=O)c1cnc(Nc2cccc(CN)c2)s1.O=S(=O)(O)c1ccsc1. The molecule has 0 saturated heterocycles. The van der Waals surface area contributed by atoms with E-state index in [1.165, 1.54) is 34.1 Å². The molecule has 0 atom stereocenters. The molecule has 0 radical (unpaired) electrons. The minimum absolute atomic E-state index is 0.00404. The summed E-state index contributed by atoms with van der Waals surface area (Å²) in [4.78, 5) is 17.4. The Balaban J connectivity index is 0.000000269. The van der Waals surface area contributed by atoms with Crippen molar-refractivity contribution in [2.45, 2.75) is 18.4 Å². The Bertz CT molecular complexity index is 1300. The second kappa shape index (κ2) is 10.6. The van der Waals surface area contributed by atoms with E-state index in [4.69, 9.17) is 10.3 Å². The lowest BCUT2D eigenvalue weighted by Crippen LogP contribution is -2.00. The number of aromatic nitrogens is 1. The maximum atomic E-state index is 12.6. The van der Waals surface area contributed by atoms with Crippen molar-refractivity contribution in [3.8, 4) is 0 Å². The molecule has 0 aliphatic carbocycles. The van der Waals surface area contributed by atoms with Crippen LogP contribution in [0.5, 0.6) is 0 Å². The molecule has 32 heavy (non-hydrogen) atoms. The van der Waals surface area contributed by atoms with E-state index in [1.54, 1.807) is 11.6 Å². The second-order valence-corrected chi connectivity index (χ2v) is 9.87. The van der Waals surface area contributed by atoms with Gasteiger partial charge in [-0.2, -0.15) is 19.8 Å². The maximum absolute atomic E-state index is 12.6. The zero-order valence-electron chi connectivity index (χ0n) is 17.1. The van der Waals surface area contributed by atoms with E-state index >= 15 is 0 Å². The van der Waals surface area contributed by atoms with Crippen molar-refractivity contribution >= 4 is 49.4 Å². The number of carbonyl (C=O) groups excluding carboxylic acids is 1. The van der Waals surface area contributed by atoms with Gasteiger partial charge < -0.3 is 11.1 Å². The predicted octanol–water partition coefficient (Wildman–Crippen LogP) is 4.88. The van der Waals surface area contributed by atoms with Crippen LogP contribution in [0, 0.1) is 6.92 Å². The van der Waals surface area contributed by atoms with Crippen LogP contribution in [0.15, 0.2) is 76.4 Å². The standard InChI is InChI=1S/C18H17N3OS.C4H4O3S2/c1-12-5-2-3-8-15(12)17(22)16-11-20-18(23-16)21-14-7-4-6-13(9-14)10-19;5-9(6,7)4-1-2-8-3-4/h2-9,11H,10,19H2,1H3,(H,20,21);1-3H,(H,5,6,7). The van der Waals surface area contributed by atoms with E-state index in [0.717, 1.165) is 16.8 Å². The third-order valence-electron chi connectivity index (χ3n) is 4.33. The number of nitrogens with two attached hydrogens (primary N) is 1.